The van der Waals surface area contributed by atoms with Gasteiger partial charge in [0.1, 0.15) is 23.4 Å². The Balaban J connectivity index is 2.49. The molecule has 0 spiro atoms. The number of hydrogen-bond acceptors (Lipinski definition) is 6. The fourth-order valence-electron chi connectivity index (χ4n) is 3.85. The number of primary amides is 1. The van der Waals surface area contributed by atoms with E-state index in [0.717, 1.165) is 11.1 Å². The first-order valence-corrected chi connectivity index (χ1v) is 12.0. The standard InChI is InChI=1S/C27H36N4O6/c1-7-31(25(35)20(15-21(28)33)29-26(36)37-27(4,5)6)23(18-11-13-19(32)14-12-18)24(34)30-22-16(2)9-8-10-17(22)3/h8-14,20,23,32H,7,15H2,1-6H3,(H2,28,33)(H,29,36)(H,30,34). The van der Waals surface area contributed by atoms with E-state index in [4.69, 9.17) is 10.5 Å². The molecule has 0 aliphatic carbocycles. The molecule has 0 aliphatic rings. The number of nitrogens with one attached hydrogen (secondary N) is 2. The van der Waals surface area contributed by atoms with Crippen molar-refractivity contribution in [3.05, 3.63) is 59.2 Å². The molecule has 4 amide bonds. The first-order valence-electron chi connectivity index (χ1n) is 12.0. The molecule has 0 saturated carbocycles. The monoisotopic (exact) mass is 512 g/mol. The van der Waals surface area contributed by atoms with E-state index < -0.39 is 47.9 Å². The Labute approximate surface area is 217 Å². The maximum atomic E-state index is 13.7. The van der Waals surface area contributed by atoms with Gasteiger partial charge >= 0.3 is 6.09 Å². The second kappa shape index (κ2) is 12.2. The topological polar surface area (TPSA) is 151 Å². The number of carbonyl (C=O) groups excluding carboxylic acids is 4. The summed E-state index contributed by atoms with van der Waals surface area (Å²) >= 11 is 0. The van der Waals surface area contributed by atoms with E-state index >= 15 is 0 Å². The molecule has 2 rings (SSSR count). The molecule has 200 valence electrons. The summed E-state index contributed by atoms with van der Waals surface area (Å²) in [5, 5.41) is 15.1. The van der Waals surface area contributed by atoms with Crippen LogP contribution in [0.15, 0.2) is 42.5 Å². The third-order valence-electron chi connectivity index (χ3n) is 5.52. The van der Waals surface area contributed by atoms with E-state index in [-0.39, 0.29) is 12.3 Å². The molecule has 0 fully saturated rings. The molecule has 37 heavy (non-hydrogen) atoms. The van der Waals surface area contributed by atoms with Gasteiger partial charge in [0.15, 0.2) is 0 Å². The van der Waals surface area contributed by atoms with Crippen molar-refractivity contribution in [1.82, 2.24) is 10.2 Å². The molecule has 2 atom stereocenters. The number of ether oxygens (including phenoxy) is 1. The molecular formula is C27H36N4O6. The Morgan fingerprint density at radius 1 is 1.03 bits per heavy atom. The third-order valence-corrected chi connectivity index (χ3v) is 5.52. The summed E-state index contributed by atoms with van der Waals surface area (Å²) in [6.07, 6.45) is -1.39. The van der Waals surface area contributed by atoms with Crippen molar-refractivity contribution in [2.75, 3.05) is 11.9 Å². The molecule has 0 saturated heterocycles. The van der Waals surface area contributed by atoms with Crippen LogP contribution >= 0.6 is 0 Å². The van der Waals surface area contributed by atoms with E-state index in [1.165, 1.54) is 29.2 Å². The first kappa shape index (κ1) is 29.2. The first-order chi connectivity index (χ1) is 17.2. The smallest absolute Gasteiger partial charge is 0.408 e. The van der Waals surface area contributed by atoms with E-state index in [1.54, 1.807) is 27.7 Å². The number of aryl methyl sites for hydroxylation is 2. The number of nitrogens with zero attached hydrogens (tertiary/aromatic N) is 1. The van der Waals surface area contributed by atoms with Crippen LogP contribution in [0.3, 0.4) is 0 Å². The normalized spacial score (nSPS) is 12.7. The molecule has 2 unspecified atom stereocenters. The molecule has 5 N–H and O–H groups in total. The Kier molecular flexibility index (Phi) is 9.65. The zero-order valence-corrected chi connectivity index (χ0v) is 22.1. The van der Waals surface area contributed by atoms with E-state index in [9.17, 15) is 24.3 Å². The number of hydrogen-bond donors (Lipinski definition) is 4. The summed E-state index contributed by atoms with van der Waals surface area (Å²) in [7, 11) is 0. The lowest BCUT2D eigenvalue weighted by Gasteiger charge is -2.33. The number of benzene rings is 2. The Morgan fingerprint density at radius 3 is 2.08 bits per heavy atom. The van der Waals surface area contributed by atoms with Crippen LogP contribution in [0.25, 0.3) is 0 Å². The molecule has 0 aliphatic heterocycles. The number of likely N-dealkylation sites (N-methyl/N-ethyl adjacent to an activating group) is 1. The molecule has 0 radical (unpaired) electrons. The summed E-state index contributed by atoms with van der Waals surface area (Å²) in [5.74, 6) is -2.02. The Bertz CT molecular complexity index is 1120. The van der Waals surface area contributed by atoms with Crippen molar-refractivity contribution in [2.45, 2.75) is 65.6 Å². The summed E-state index contributed by atoms with van der Waals surface area (Å²) in [4.78, 5) is 52.8. The number of nitrogens with two attached hydrogens (primary N) is 1. The van der Waals surface area contributed by atoms with Crippen molar-refractivity contribution in [2.24, 2.45) is 5.73 Å². The predicted molar refractivity (Wildman–Crippen MR) is 140 cm³/mol. The largest absolute Gasteiger partial charge is 0.508 e. The average molecular weight is 513 g/mol. The lowest BCUT2D eigenvalue weighted by Crippen LogP contribution is -2.53. The highest BCUT2D eigenvalue weighted by Gasteiger charge is 2.36. The maximum Gasteiger partial charge on any atom is 0.408 e. The molecule has 10 heteroatoms. The molecule has 0 heterocycles. The third kappa shape index (κ3) is 8.23. The number of phenolic OH excluding ortho intramolecular Hbond substituents is 1. The van der Waals surface area contributed by atoms with Gasteiger partial charge in [-0.25, -0.2) is 4.79 Å². The van der Waals surface area contributed by atoms with Crippen LogP contribution in [-0.2, 0) is 19.1 Å². The zero-order chi connectivity index (χ0) is 27.9. The van der Waals surface area contributed by atoms with E-state index in [0.29, 0.717) is 11.3 Å². The van der Waals surface area contributed by atoms with Gasteiger partial charge in [0.25, 0.3) is 5.91 Å². The highest BCUT2D eigenvalue weighted by atomic mass is 16.6. The number of phenols is 1. The van der Waals surface area contributed by atoms with Gasteiger partial charge in [-0.3, -0.25) is 14.4 Å². The molecule has 0 aromatic heterocycles. The van der Waals surface area contributed by atoms with Gasteiger partial charge < -0.3 is 31.1 Å². The predicted octanol–water partition coefficient (Wildman–Crippen LogP) is 3.31. The molecule has 10 nitrogen and oxygen atoms in total. The lowest BCUT2D eigenvalue weighted by atomic mass is 10.0. The Morgan fingerprint density at radius 2 is 1.59 bits per heavy atom. The van der Waals surface area contributed by atoms with Gasteiger partial charge in [0.05, 0.1) is 6.42 Å². The maximum absolute atomic E-state index is 13.7. The number of amides is 4. The average Bonchev–Trinajstić information content (AvgIpc) is 2.78. The van der Waals surface area contributed by atoms with Gasteiger partial charge in [0.2, 0.25) is 11.8 Å². The van der Waals surface area contributed by atoms with E-state index in [1.807, 2.05) is 32.0 Å². The van der Waals surface area contributed by atoms with Gasteiger partial charge in [-0.2, -0.15) is 0 Å². The lowest BCUT2D eigenvalue weighted by molar-refractivity contribution is -0.141. The van der Waals surface area contributed by atoms with Gasteiger partial charge in [-0.05, 0) is 70.4 Å². The van der Waals surface area contributed by atoms with Crippen molar-refractivity contribution in [3.63, 3.8) is 0 Å². The van der Waals surface area contributed by atoms with Crippen molar-refractivity contribution in [1.29, 1.82) is 0 Å². The van der Waals surface area contributed by atoms with Gasteiger partial charge in [-0.1, -0.05) is 30.3 Å². The summed E-state index contributed by atoms with van der Waals surface area (Å²) < 4.78 is 5.24. The number of carbonyl (C=O) groups is 4. The second-order valence-electron chi connectivity index (χ2n) is 9.74. The fourth-order valence-corrected chi connectivity index (χ4v) is 3.85. The number of alkyl carbamates (subject to hydrolysis) is 1. The highest BCUT2D eigenvalue weighted by Crippen LogP contribution is 2.28. The van der Waals surface area contributed by atoms with Crippen LogP contribution in [0.4, 0.5) is 10.5 Å². The van der Waals surface area contributed by atoms with Crippen LogP contribution < -0.4 is 16.4 Å². The number of rotatable bonds is 9. The SMILES string of the molecule is CCN(C(=O)C(CC(N)=O)NC(=O)OC(C)(C)C)C(C(=O)Nc1c(C)cccc1C)c1ccc(O)cc1. The minimum Gasteiger partial charge on any atom is -0.508 e. The molecule has 0 bridgehead atoms. The van der Waals surface area contributed by atoms with Crippen molar-refractivity contribution >= 4 is 29.5 Å². The number of aromatic hydroxyl groups is 1. The number of anilines is 1. The van der Waals surface area contributed by atoms with Crippen LogP contribution in [0.5, 0.6) is 5.75 Å². The minimum absolute atomic E-state index is 0.00905. The minimum atomic E-state index is -1.36. The van der Waals surface area contributed by atoms with Crippen LogP contribution in [0.2, 0.25) is 0 Å². The van der Waals surface area contributed by atoms with Gasteiger partial charge in [-0.15, -0.1) is 0 Å². The zero-order valence-electron chi connectivity index (χ0n) is 22.1. The van der Waals surface area contributed by atoms with Crippen molar-refractivity contribution in [3.8, 4) is 5.75 Å². The van der Waals surface area contributed by atoms with Crippen LogP contribution in [0.1, 0.15) is 56.8 Å². The summed E-state index contributed by atoms with van der Waals surface area (Å²) in [5.41, 5.74) is 7.24. The Hall–Kier alpha value is -4.08. The highest BCUT2D eigenvalue weighted by molar-refractivity contribution is 6.00. The van der Waals surface area contributed by atoms with Gasteiger partial charge in [0, 0.05) is 12.2 Å². The molecular weight excluding hydrogens is 476 g/mol. The summed E-state index contributed by atoms with van der Waals surface area (Å²) in [6.45, 7) is 10.4. The fraction of sp³-hybridized carbons (Fsp3) is 0.407. The van der Waals surface area contributed by atoms with Crippen LogP contribution in [0, 0.1) is 13.8 Å². The summed E-state index contributed by atoms with van der Waals surface area (Å²) in [6, 6.07) is 8.96. The van der Waals surface area contributed by atoms with Crippen molar-refractivity contribution < 1.29 is 29.0 Å². The quantitative estimate of drug-likeness (QED) is 0.405. The second-order valence-corrected chi connectivity index (χ2v) is 9.74. The van der Waals surface area contributed by atoms with E-state index in [2.05, 4.69) is 10.6 Å². The van der Waals surface area contributed by atoms with Crippen LogP contribution in [-0.4, -0.2) is 52.0 Å². The molecule has 2 aromatic carbocycles. The number of para-hydroxylation sites is 1. The molecule has 2 aromatic rings.